The fraction of sp³-hybridized carbons (Fsp3) is 0.345. The van der Waals surface area contributed by atoms with Gasteiger partial charge in [-0.15, -0.1) is 0 Å². The zero-order chi connectivity index (χ0) is 26.0. The third kappa shape index (κ3) is 7.00. The third-order valence-electron chi connectivity index (χ3n) is 6.29. The van der Waals surface area contributed by atoms with Crippen LogP contribution in [0.25, 0.3) is 11.3 Å². The van der Waals surface area contributed by atoms with E-state index in [2.05, 4.69) is 10.3 Å². The molecule has 1 aliphatic rings. The van der Waals surface area contributed by atoms with Gasteiger partial charge in [0.05, 0.1) is 26.5 Å². The Morgan fingerprint density at radius 2 is 1.86 bits per heavy atom. The minimum atomic E-state index is -0.142. The monoisotopic (exact) mass is 503 g/mol. The van der Waals surface area contributed by atoms with Gasteiger partial charge in [0.15, 0.2) is 11.5 Å². The molecule has 1 aromatic heterocycles. The number of hydrogen-bond acceptors (Lipinski definition) is 6. The van der Waals surface area contributed by atoms with E-state index < -0.39 is 0 Å². The van der Waals surface area contributed by atoms with Crippen molar-refractivity contribution in [2.75, 3.05) is 40.5 Å². The second-order valence-electron chi connectivity index (χ2n) is 8.82. The molecule has 1 fully saturated rings. The lowest BCUT2D eigenvalue weighted by Gasteiger charge is -2.15. The van der Waals surface area contributed by atoms with E-state index in [0.717, 1.165) is 36.2 Å². The Kier molecular flexibility index (Phi) is 8.97. The van der Waals surface area contributed by atoms with Crippen molar-refractivity contribution < 1.29 is 23.8 Å². The molecule has 8 nitrogen and oxygen atoms in total. The number of methoxy groups -OCH3 is 2. The summed E-state index contributed by atoms with van der Waals surface area (Å²) in [5.41, 5.74) is 3.20. The van der Waals surface area contributed by atoms with Crippen LogP contribution >= 0.6 is 0 Å². The van der Waals surface area contributed by atoms with E-state index in [1.54, 1.807) is 20.3 Å². The first kappa shape index (κ1) is 26.0. The van der Waals surface area contributed by atoms with Crippen LogP contribution in [0.2, 0.25) is 0 Å². The number of aromatic nitrogens is 1. The molecule has 2 amide bonds. The molecule has 194 valence electrons. The number of nitrogens with one attached hydrogen (secondary N) is 1. The Hall–Kier alpha value is -4.07. The van der Waals surface area contributed by atoms with Crippen LogP contribution in [-0.2, 0) is 11.2 Å². The largest absolute Gasteiger partial charge is 0.493 e. The summed E-state index contributed by atoms with van der Waals surface area (Å²) in [6, 6.07) is 18.8. The van der Waals surface area contributed by atoms with Gasteiger partial charge in [0.1, 0.15) is 0 Å². The predicted octanol–water partition coefficient (Wildman–Crippen LogP) is 4.13. The van der Waals surface area contributed by atoms with Crippen LogP contribution in [0.1, 0.15) is 35.2 Å². The van der Waals surface area contributed by atoms with Gasteiger partial charge in [-0.1, -0.05) is 24.3 Å². The van der Waals surface area contributed by atoms with Crippen LogP contribution in [-0.4, -0.2) is 62.2 Å². The fourth-order valence-corrected chi connectivity index (χ4v) is 4.30. The molecule has 1 aliphatic heterocycles. The van der Waals surface area contributed by atoms with Gasteiger partial charge in [-0.2, -0.15) is 0 Å². The molecule has 0 bridgehead atoms. The molecule has 1 N–H and O–H groups in total. The zero-order valence-electron chi connectivity index (χ0n) is 21.4. The van der Waals surface area contributed by atoms with Crippen molar-refractivity contribution in [2.45, 2.75) is 25.7 Å². The van der Waals surface area contributed by atoms with E-state index in [1.165, 1.54) is 0 Å². The Bertz CT molecular complexity index is 1230. The minimum Gasteiger partial charge on any atom is -0.493 e. The number of nitrogens with zero attached hydrogens (tertiary/aromatic N) is 2. The average Bonchev–Trinajstić information content (AvgIpc) is 3.35. The summed E-state index contributed by atoms with van der Waals surface area (Å²) < 4.78 is 16.6. The first-order valence-electron chi connectivity index (χ1n) is 12.5. The van der Waals surface area contributed by atoms with Gasteiger partial charge in [-0.25, -0.2) is 4.98 Å². The predicted molar refractivity (Wildman–Crippen MR) is 141 cm³/mol. The molecule has 37 heavy (non-hydrogen) atoms. The molecular weight excluding hydrogens is 470 g/mol. The summed E-state index contributed by atoms with van der Waals surface area (Å²) in [4.78, 5) is 30.9. The Balaban J connectivity index is 1.30. The molecule has 0 radical (unpaired) electrons. The summed E-state index contributed by atoms with van der Waals surface area (Å²) in [5.74, 6) is 1.96. The van der Waals surface area contributed by atoms with Crippen molar-refractivity contribution in [3.63, 3.8) is 0 Å². The van der Waals surface area contributed by atoms with Crippen LogP contribution < -0.4 is 19.5 Å². The standard InChI is InChI=1S/C29H33N3O5/c1-35-25-13-12-21(19-26(25)36-2)14-18-37-27-10-4-9-24(31-27)22-7-3-8-23(20-22)29(34)30-15-6-17-32-16-5-11-28(32)33/h3-4,7-10,12-13,19-20H,5-6,11,14-18H2,1-2H3,(H,30,34). The summed E-state index contributed by atoms with van der Waals surface area (Å²) in [7, 11) is 3.23. The van der Waals surface area contributed by atoms with Crippen molar-refractivity contribution >= 4 is 11.8 Å². The molecule has 0 saturated carbocycles. The maximum atomic E-state index is 12.7. The van der Waals surface area contributed by atoms with Gasteiger partial charge < -0.3 is 24.4 Å². The number of pyridine rings is 1. The van der Waals surface area contributed by atoms with Gasteiger partial charge in [0.2, 0.25) is 11.8 Å². The number of carbonyl (C=O) groups is 2. The first-order valence-corrected chi connectivity index (χ1v) is 12.5. The number of likely N-dealkylation sites (tertiary alicyclic amines) is 1. The zero-order valence-corrected chi connectivity index (χ0v) is 21.4. The molecule has 0 aliphatic carbocycles. The summed E-state index contributed by atoms with van der Waals surface area (Å²) in [6.07, 6.45) is 2.99. The average molecular weight is 504 g/mol. The van der Waals surface area contributed by atoms with Gasteiger partial charge >= 0.3 is 0 Å². The second-order valence-corrected chi connectivity index (χ2v) is 8.82. The number of ether oxygens (including phenoxy) is 3. The molecule has 0 spiro atoms. The van der Waals surface area contributed by atoms with Gasteiger partial charge in [0.25, 0.3) is 5.91 Å². The number of amides is 2. The van der Waals surface area contributed by atoms with Crippen molar-refractivity contribution in [3.05, 3.63) is 71.8 Å². The van der Waals surface area contributed by atoms with E-state index >= 15 is 0 Å². The SMILES string of the molecule is COc1ccc(CCOc2cccc(-c3cccc(C(=O)NCCCN4CCCC4=O)c3)n2)cc1OC. The number of benzene rings is 2. The Labute approximate surface area is 217 Å². The molecule has 8 heteroatoms. The maximum absolute atomic E-state index is 12.7. The lowest BCUT2D eigenvalue weighted by molar-refractivity contribution is -0.127. The van der Waals surface area contributed by atoms with E-state index in [0.29, 0.717) is 55.5 Å². The normalized spacial score (nSPS) is 12.9. The molecule has 4 rings (SSSR count). The van der Waals surface area contributed by atoms with Crippen LogP contribution in [0, 0.1) is 0 Å². The lowest BCUT2D eigenvalue weighted by atomic mass is 10.1. The third-order valence-corrected chi connectivity index (χ3v) is 6.29. The summed E-state index contributed by atoms with van der Waals surface area (Å²) in [5, 5.41) is 2.95. The number of carbonyl (C=O) groups excluding carboxylic acids is 2. The number of hydrogen-bond donors (Lipinski definition) is 1. The highest BCUT2D eigenvalue weighted by Crippen LogP contribution is 2.28. The second kappa shape index (κ2) is 12.8. The van der Waals surface area contributed by atoms with Crippen molar-refractivity contribution in [2.24, 2.45) is 0 Å². The van der Waals surface area contributed by atoms with E-state index in [9.17, 15) is 9.59 Å². The number of rotatable bonds is 12. The van der Waals surface area contributed by atoms with E-state index in [4.69, 9.17) is 14.2 Å². The summed E-state index contributed by atoms with van der Waals surface area (Å²) in [6.45, 7) is 2.48. The Morgan fingerprint density at radius 3 is 2.65 bits per heavy atom. The minimum absolute atomic E-state index is 0.142. The topological polar surface area (TPSA) is 90.0 Å². The summed E-state index contributed by atoms with van der Waals surface area (Å²) >= 11 is 0. The molecule has 2 heterocycles. The molecule has 3 aromatic rings. The van der Waals surface area contributed by atoms with Crippen LogP contribution in [0.15, 0.2) is 60.7 Å². The first-order chi connectivity index (χ1) is 18.1. The molecule has 1 saturated heterocycles. The fourth-order valence-electron chi connectivity index (χ4n) is 4.30. The highest BCUT2D eigenvalue weighted by atomic mass is 16.5. The molecule has 0 unspecified atom stereocenters. The van der Waals surface area contributed by atoms with Gasteiger partial charge in [-0.05, 0) is 48.7 Å². The van der Waals surface area contributed by atoms with Gasteiger partial charge in [-0.3, -0.25) is 9.59 Å². The highest BCUT2D eigenvalue weighted by molar-refractivity contribution is 5.95. The van der Waals surface area contributed by atoms with Crippen LogP contribution in [0.3, 0.4) is 0 Å². The van der Waals surface area contributed by atoms with Crippen LogP contribution in [0.4, 0.5) is 0 Å². The van der Waals surface area contributed by atoms with Gasteiger partial charge in [0, 0.05) is 49.7 Å². The molecule has 0 atom stereocenters. The smallest absolute Gasteiger partial charge is 0.251 e. The van der Waals surface area contributed by atoms with E-state index in [1.807, 2.05) is 59.5 Å². The van der Waals surface area contributed by atoms with Crippen LogP contribution in [0.5, 0.6) is 17.4 Å². The lowest BCUT2D eigenvalue weighted by Crippen LogP contribution is -2.30. The van der Waals surface area contributed by atoms with Crippen molar-refractivity contribution in [3.8, 4) is 28.6 Å². The maximum Gasteiger partial charge on any atom is 0.251 e. The Morgan fingerprint density at radius 1 is 1.03 bits per heavy atom. The van der Waals surface area contributed by atoms with Crippen molar-refractivity contribution in [1.82, 2.24) is 15.2 Å². The molecule has 2 aromatic carbocycles. The highest BCUT2D eigenvalue weighted by Gasteiger charge is 2.19. The van der Waals surface area contributed by atoms with E-state index in [-0.39, 0.29) is 11.8 Å². The molecular formula is C29H33N3O5. The quantitative estimate of drug-likeness (QED) is 0.374. The van der Waals surface area contributed by atoms with Crippen molar-refractivity contribution in [1.29, 1.82) is 0 Å².